The van der Waals surface area contributed by atoms with Crippen LogP contribution in [0.25, 0.3) is 0 Å². The summed E-state index contributed by atoms with van der Waals surface area (Å²) in [5, 5.41) is 17.1. The van der Waals surface area contributed by atoms with Crippen LogP contribution < -0.4 is 29.9 Å². The van der Waals surface area contributed by atoms with Crippen LogP contribution in [0.1, 0.15) is 82.4 Å². The molecule has 1 aromatic heterocycles. The number of para-hydroxylation sites is 3. The lowest BCUT2D eigenvalue weighted by Gasteiger charge is -2.35. The van der Waals surface area contributed by atoms with Crippen LogP contribution in [-0.2, 0) is 41.2 Å². The second-order valence-corrected chi connectivity index (χ2v) is 19.4. The summed E-state index contributed by atoms with van der Waals surface area (Å²) in [7, 11) is 1.64. The quantitative estimate of drug-likeness (QED) is 0.0360. The highest BCUT2D eigenvalue weighted by molar-refractivity contribution is 6.54. The Kier molecular flexibility index (Phi) is 27.8. The molecule has 3 unspecified atom stereocenters. The van der Waals surface area contributed by atoms with Crippen molar-refractivity contribution in [2.24, 2.45) is 0 Å². The number of aryl methyl sites for hydroxylation is 2. The maximum absolute atomic E-state index is 12.8. The first-order chi connectivity index (χ1) is 37.7. The molecule has 4 aromatic carbocycles. The summed E-state index contributed by atoms with van der Waals surface area (Å²) in [5.74, 6) is -1.10. The van der Waals surface area contributed by atoms with Crippen LogP contribution in [0.2, 0.25) is 10.3 Å². The molecule has 0 aliphatic carbocycles. The van der Waals surface area contributed by atoms with Crippen molar-refractivity contribution in [1.29, 1.82) is 0 Å². The molecule has 3 atom stereocenters. The van der Waals surface area contributed by atoms with Gasteiger partial charge in [-0.1, -0.05) is 72.1 Å². The number of fused-ring (bicyclic) bond motifs is 1. The summed E-state index contributed by atoms with van der Waals surface area (Å²) in [6, 6.07) is 19.0. The molecule has 1 aliphatic rings. The standard InChI is InChI=1S/C19H15ClF3NO7.C15H22ClNO2.C11H11Cl2NO2.C8H14ClN5/c1-3-29-17(25)10(2)30-18(26)13-9-12(5-6-15(13)24(27)28)31-16-7-4-11(8-14(16)20)19(21,22)23;1-5-13-8-6-7-11(2)15(13)17(14(18)9-16)12(3)10-19-4;1-7-6-16-9-5-3-2-4-8(9)14(7)11(15)10(12)13;1-4-10-7-12-6(9)13-8(14-7)11-5(2)3/h4-10H,3H2,1-2H3;6-8,12H,5,9-10H2,1-4H3;2-5,7,10H,6H2,1H3;5H,4H2,1-3H3,(H2,10,11,12,13,14). The van der Waals surface area contributed by atoms with Gasteiger partial charge in [-0.25, -0.2) is 9.59 Å². The minimum absolute atomic E-state index is 0.0223. The van der Waals surface area contributed by atoms with Crippen molar-refractivity contribution in [3.8, 4) is 17.2 Å². The number of nitro groups is 1. The fraction of sp³-hybridized carbons (Fsp3) is 0.415. The molecule has 0 fully saturated rings. The predicted molar refractivity (Wildman–Crippen MR) is 303 cm³/mol. The smallest absolute Gasteiger partial charge is 0.416 e. The highest BCUT2D eigenvalue weighted by atomic mass is 35.5. The lowest BCUT2D eigenvalue weighted by Crippen LogP contribution is -2.47. The number of ether oxygens (including phenoxy) is 5. The molecular formula is C53H62Cl5F3N8O11. The van der Waals surface area contributed by atoms with Crippen molar-refractivity contribution in [3.63, 3.8) is 0 Å². The summed E-state index contributed by atoms with van der Waals surface area (Å²) in [5.41, 5.74) is 1.76. The number of esters is 2. The minimum Gasteiger partial charge on any atom is -0.489 e. The van der Waals surface area contributed by atoms with E-state index in [-0.39, 0.29) is 64.2 Å². The number of nitrogens with zero attached hydrogens (tertiary/aromatic N) is 6. The van der Waals surface area contributed by atoms with E-state index in [1.54, 1.807) is 23.8 Å². The van der Waals surface area contributed by atoms with Crippen molar-refractivity contribution in [2.45, 2.75) is 104 Å². The second kappa shape index (κ2) is 32.7. The average molecular weight is 1220 g/mol. The van der Waals surface area contributed by atoms with E-state index >= 15 is 0 Å². The number of methoxy groups -OCH3 is 1. The molecule has 0 saturated carbocycles. The van der Waals surface area contributed by atoms with E-state index in [4.69, 9.17) is 81.7 Å². The molecular weight excluding hydrogens is 1160 g/mol. The Balaban J connectivity index is 0.000000296. The zero-order valence-corrected chi connectivity index (χ0v) is 49.1. The fourth-order valence-corrected chi connectivity index (χ4v) is 8.01. The first-order valence-corrected chi connectivity index (χ1v) is 26.8. The van der Waals surface area contributed by atoms with E-state index < -0.39 is 50.8 Å². The van der Waals surface area contributed by atoms with Crippen molar-refractivity contribution >= 4 is 111 Å². The molecule has 0 radical (unpaired) electrons. The monoisotopic (exact) mass is 1220 g/mol. The van der Waals surface area contributed by atoms with Gasteiger partial charge < -0.3 is 44.1 Å². The number of carbonyl (C=O) groups excluding carboxylic acids is 4. The van der Waals surface area contributed by atoms with Crippen molar-refractivity contribution < 1.29 is 61.0 Å². The van der Waals surface area contributed by atoms with Crippen LogP contribution in [0.15, 0.2) is 78.9 Å². The topological polar surface area (TPSA) is 227 Å². The third-order valence-corrected chi connectivity index (χ3v) is 11.8. The van der Waals surface area contributed by atoms with E-state index in [9.17, 15) is 42.5 Å². The first-order valence-electron chi connectivity index (χ1n) is 24.6. The van der Waals surface area contributed by atoms with Gasteiger partial charge in [-0.3, -0.25) is 19.7 Å². The molecule has 27 heteroatoms. The van der Waals surface area contributed by atoms with E-state index in [1.165, 1.54) is 6.92 Å². The number of halogens is 8. The van der Waals surface area contributed by atoms with E-state index in [2.05, 4.69) is 38.6 Å². The molecule has 2 heterocycles. The van der Waals surface area contributed by atoms with Gasteiger partial charge in [-0.15, -0.1) is 11.6 Å². The largest absolute Gasteiger partial charge is 0.489 e. The van der Waals surface area contributed by atoms with Crippen molar-refractivity contribution in [1.82, 2.24) is 15.0 Å². The van der Waals surface area contributed by atoms with Gasteiger partial charge in [0.15, 0.2) is 10.9 Å². The lowest BCUT2D eigenvalue weighted by atomic mass is 10.0. The Morgan fingerprint density at radius 1 is 0.938 bits per heavy atom. The normalized spacial score (nSPS) is 13.2. The number of nitrogens with one attached hydrogen (secondary N) is 2. The molecule has 0 spiro atoms. The first kappa shape index (κ1) is 67.8. The van der Waals surface area contributed by atoms with Gasteiger partial charge in [0.05, 0.1) is 52.2 Å². The van der Waals surface area contributed by atoms with Crippen LogP contribution in [0.3, 0.4) is 0 Å². The molecule has 5 aromatic rings. The summed E-state index contributed by atoms with van der Waals surface area (Å²) >= 11 is 28.6. The highest BCUT2D eigenvalue weighted by Crippen LogP contribution is 2.38. The molecule has 0 bridgehead atoms. The molecule has 2 amide bonds. The SMILES string of the molecule is CC1COc2ccccc2N1C(=O)C(Cl)Cl.CCNc1nc(Cl)nc(NC(C)C)n1.CCOC(=O)C(C)OC(=O)c1cc(Oc2ccc(C(F)(F)F)cc2Cl)ccc1[N+](=O)[O-].CCc1cccc(C)c1N(C(=O)CCl)C(C)COC. The maximum Gasteiger partial charge on any atom is 0.416 e. The van der Waals surface area contributed by atoms with E-state index in [0.29, 0.717) is 36.9 Å². The average Bonchev–Trinajstić information content (AvgIpc) is 3.39. The highest BCUT2D eigenvalue weighted by Gasteiger charge is 2.33. The molecule has 6 rings (SSSR count). The number of carbonyl (C=O) groups is 4. The summed E-state index contributed by atoms with van der Waals surface area (Å²) in [6.07, 6.45) is -5.06. The molecule has 19 nitrogen and oxygen atoms in total. The number of hydrogen-bond acceptors (Lipinski definition) is 16. The van der Waals surface area contributed by atoms with Crippen LogP contribution in [0, 0.1) is 17.0 Å². The summed E-state index contributed by atoms with van der Waals surface area (Å²) < 4.78 is 63.9. The Bertz CT molecular complexity index is 2890. The molecule has 436 valence electrons. The number of aromatic nitrogens is 3. The van der Waals surface area contributed by atoms with Crippen LogP contribution in [0.5, 0.6) is 17.2 Å². The van der Waals surface area contributed by atoms with Gasteiger partial charge >= 0.3 is 18.1 Å². The number of anilines is 4. The number of alkyl halides is 6. The molecule has 2 N–H and O–H groups in total. The van der Waals surface area contributed by atoms with Gasteiger partial charge in [0.2, 0.25) is 23.1 Å². The Morgan fingerprint density at radius 3 is 2.19 bits per heavy atom. The number of benzene rings is 4. The van der Waals surface area contributed by atoms with Gasteiger partial charge in [0, 0.05) is 31.8 Å². The number of amides is 2. The zero-order chi connectivity index (χ0) is 60.0. The number of nitro benzene ring substituents is 1. The summed E-state index contributed by atoms with van der Waals surface area (Å²) in [4.78, 5) is 72.8. The minimum atomic E-state index is -4.61. The lowest BCUT2D eigenvalue weighted by molar-refractivity contribution is -0.385. The van der Waals surface area contributed by atoms with Crippen molar-refractivity contribution in [3.05, 3.63) is 122 Å². The molecule has 0 saturated heterocycles. The van der Waals surface area contributed by atoms with Crippen LogP contribution in [0.4, 0.5) is 42.1 Å². The van der Waals surface area contributed by atoms with Gasteiger partial charge in [-0.2, -0.15) is 28.1 Å². The van der Waals surface area contributed by atoms with E-state index in [0.717, 1.165) is 65.8 Å². The van der Waals surface area contributed by atoms with Gasteiger partial charge in [0.1, 0.15) is 35.3 Å². The summed E-state index contributed by atoms with van der Waals surface area (Å²) in [6.45, 7) is 18.4. The maximum atomic E-state index is 12.8. The van der Waals surface area contributed by atoms with Crippen LogP contribution >= 0.6 is 58.0 Å². The van der Waals surface area contributed by atoms with Gasteiger partial charge in [0.25, 0.3) is 11.6 Å². The third kappa shape index (κ3) is 20.3. The Morgan fingerprint density at radius 2 is 1.61 bits per heavy atom. The van der Waals surface area contributed by atoms with Crippen molar-refractivity contribution in [2.75, 3.05) is 59.8 Å². The Labute approximate surface area is 486 Å². The zero-order valence-electron chi connectivity index (χ0n) is 45.3. The van der Waals surface area contributed by atoms with Gasteiger partial charge in [-0.05, 0) is 121 Å². The molecule has 1 aliphatic heterocycles. The number of hydrogen-bond donors (Lipinski definition) is 2. The second-order valence-electron chi connectivity index (χ2n) is 17.3. The Hall–Kier alpha value is -6.43. The molecule has 80 heavy (non-hydrogen) atoms. The number of rotatable bonds is 18. The van der Waals surface area contributed by atoms with E-state index in [1.807, 2.05) is 77.9 Å². The predicted octanol–water partition coefficient (Wildman–Crippen LogP) is 12.7. The fourth-order valence-electron chi connectivity index (χ4n) is 7.29. The third-order valence-electron chi connectivity index (χ3n) is 10.8. The van der Waals surface area contributed by atoms with Crippen LogP contribution in [-0.4, -0.2) is 112 Å².